The van der Waals surface area contributed by atoms with Gasteiger partial charge in [-0.1, -0.05) is 42.1 Å². The summed E-state index contributed by atoms with van der Waals surface area (Å²) in [5.74, 6) is 2.15. The normalized spacial score (nSPS) is 14.2. The minimum absolute atomic E-state index is 0.0553. The Morgan fingerprint density at radius 3 is 2.84 bits per heavy atom. The number of ether oxygens (including phenoxy) is 2. The molecule has 162 valence electrons. The Morgan fingerprint density at radius 1 is 1.12 bits per heavy atom. The molecule has 0 bridgehead atoms. The van der Waals surface area contributed by atoms with Crippen LogP contribution in [0.1, 0.15) is 18.4 Å². The quantitative estimate of drug-likeness (QED) is 0.390. The van der Waals surface area contributed by atoms with Crippen LogP contribution in [0.2, 0.25) is 0 Å². The lowest BCUT2D eigenvalue weighted by Crippen LogP contribution is -2.32. The number of hydrogen-bond acceptors (Lipinski definition) is 5. The van der Waals surface area contributed by atoms with Crippen LogP contribution in [0.3, 0.4) is 0 Å². The Morgan fingerprint density at radius 2 is 1.97 bits per heavy atom. The number of amides is 1. The maximum Gasteiger partial charge on any atom is 0.223 e. The zero-order chi connectivity index (χ0) is 22.1. The van der Waals surface area contributed by atoms with Gasteiger partial charge in [0.2, 0.25) is 5.91 Å². The zero-order valence-corrected chi connectivity index (χ0v) is 18.4. The average molecular weight is 446 g/mol. The number of para-hydroxylation sites is 2. The van der Waals surface area contributed by atoms with Gasteiger partial charge in [0, 0.05) is 24.1 Å². The molecule has 0 fully saturated rings. The highest BCUT2D eigenvalue weighted by molar-refractivity contribution is 7.99. The molecule has 2 aliphatic heterocycles. The number of fused-ring (bicyclic) bond motifs is 3. The summed E-state index contributed by atoms with van der Waals surface area (Å²) < 4.78 is 12.1. The molecular weight excluding hydrogens is 422 g/mol. The molecule has 5 nitrogen and oxygen atoms in total. The lowest BCUT2D eigenvalue weighted by Gasteiger charge is -2.23. The highest BCUT2D eigenvalue weighted by atomic mass is 32.2. The van der Waals surface area contributed by atoms with Crippen molar-refractivity contribution >= 4 is 17.7 Å². The summed E-state index contributed by atoms with van der Waals surface area (Å²) in [5, 5.41) is 10.8. The van der Waals surface area contributed by atoms with Crippen LogP contribution in [-0.2, 0) is 11.3 Å². The van der Waals surface area contributed by atoms with E-state index in [1.807, 2.05) is 48.5 Å². The first-order valence-electron chi connectivity index (χ1n) is 10.6. The lowest BCUT2D eigenvalue weighted by atomic mass is 10.00. The van der Waals surface area contributed by atoms with Crippen LogP contribution in [0.5, 0.6) is 23.0 Å². The maximum absolute atomic E-state index is 12.6. The predicted molar refractivity (Wildman–Crippen MR) is 125 cm³/mol. The molecule has 0 saturated heterocycles. The molecule has 0 saturated carbocycles. The molecule has 1 N–H and O–H groups in total. The fraction of sp³-hybridized carbons (Fsp3) is 0.192. The van der Waals surface area contributed by atoms with Crippen LogP contribution < -0.4 is 9.47 Å². The van der Waals surface area contributed by atoms with Crippen molar-refractivity contribution < 1.29 is 19.4 Å². The smallest absolute Gasteiger partial charge is 0.223 e. The first kappa shape index (κ1) is 20.5. The molecule has 1 amide bonds. The van der Waals surface area contributed by atoms with Crippen molar-refractivity contribution in [1.29, 1.82) is 0 Å². The number of phenolic OH excluding ortho intramolecular Hbond substituents is 1. The van der Waals surface area contributed by atoms with Crippen LogP contribution in [0.4, 0.5) is 0 Å². The molecule has 0 aromatic heterocycles. The van der Waals surface area contributed by atoms with Crippen molar-refractivity contribution in [2.45, 2.75) is 29.2 Å². The van der Waals surface area contributed by atoms with Gasteiger partial charge in [-0.05, 0) is 42.3 Å². The summed E-state index contributed by atoms with van der Waals surface area (Å²) in [4.78, 5) is 16.5. The number of hydrogen-bond donors (Lipinski definition) is 1. The molecule has 0 aliphatic carbocycles. The third-order valence-corrected chi connectivity index (χ3v) is 6.70. The van der Waals surface area contributed by atoms with Gasteiger partial charge < -0.3 is 19.5 Å². The van der Waals surface area contributed by atoms with E-state index < -0.39 is 0 Å². The molecule has 0 atom stereocenters. The predicted octanol–water partition coefficient (Wildman–Crippen LogP) is 6.00. The molecule has 0 radical (unpaired) electrons. The summed E-state index contributed by atoms with van der Waals surface area (Å²) in [6.45, 7) is 4.91. The van der Waals surface area contributed by atoms with Crippen molar-refractivity contribution in [1.82, 2.24) is 4.90 Å². The Kier molecular flexibility index (Phi) is 5.53. The Labute approximate surface area is 191 Å². The van der Waals surface area contributed by atoms with E-state index in [0.717, 1.165) is 38.0 Å². The molecule has 3 aromatic rings. The number of aromatic hydroxyl groups is 1. The average Bonchev–Trinajstić information content (AvgIpc) is 3.04. The summed E-state index contributed by atoms with van der Waals surface area (Å²) >= 11 is 1.67. The van der Waals surface area contributed by atoms with Gasteiger partial charge in [-0.15, -0.1) is 6.58 Å². The molecule has 3 aromatic carbocycles. The van der Waals surface area contributed by atoms with Crippen molar-refractivity contribution in [3.8, 4) is 34.1 Å². The van der Waals surface area contributed by atoms with E-state index >= 15 is 0 Å². The third-order valence-electron chi connectivity index (χ3n) is 5.60. The highest BCUT2D eigenvalue weighted by Gasteiger charge is 2.25. The molecular formula is C26H23NO4S. The number of rotatable bonds is 4. The molecule has 5 rings (SSSR count). The van der Waals surface area contributed by atoms with Crippen molar-refractivity contribution in [2.24, 2.45) is 0 Å². The van der Waals surface area contributed by atoms with Crippen LogP contribution in [0.15, 0.2) is 77.0 Å². The lowest BCUT2D eigenvalue weighted by molar-refractivity contribution is -0.131. The molecule has 6 heteroatoms. The Hall–Kier alpha value is -3.38. The number of benzene rings is 3. The first-order valence-corrected chi connectivity index (χ1v) is 11.4. The van der Waals surface area contributed by atoms with E-state index in [1.165, 1.54) is 0 Å². The minimum Gasteiger partial charge on any atom is -0.504 e. The SMILES string of the molecule is C=CCCC(=O)N1CCOc2c(O)cc(-c3cccc4c3Oc3ccccc3S4)cc2C1. The van der Waals surface area contributed by atoms with Gasteiger partial charge in [-0.25, -0.2) is 0 Å². The molecule has 0 spiro atoms. The second-order valence-electron chi connectivity index (χ2n) is 7.76. The van der Waals surface area contributed by atoms with Gasteiger partial charge in [0.05, 0.1) is 16.3 Å². The molecule has 2 heterocycles. The van der Waals surface area contributed by atoms with Crippen molar-refractivity contribution in [3.05, 3.63) is 72.8 Å². The summed E-state index contributed by atoms with van der Waals surface area (Å²) in [6.07, 6.45) is 2.81. The van der Waals surface area contributed by atoms with Crippen molar-refractivity contribution in [3.63, 3.8) is 0 Å². The standard InChI is InChI=1S/C26H23NO4S/c1-2-3-11-24(29)27-12-13-30-25-18(16-27)14-17(15-20(25)28)19-7-6-10-23-26(19)31-21-8-4-5-9-22(21)32-23/h2,4-10,14-15,28H,1,3,11-13,16H2. The maximum atomic E-state index is 12.6. The van der Waals surface area contributed by atoms with E-state index in [9.17, 15) is 9.90 Å². The van der Waals surface area contributed by atoms with E-state index in [4.69, 9.17) is 9.47 Å². The molecule has 0 unspecified atom stereocenters. The minimum atomic E-state index is 0.0553. The Balaban J connectivity index is 1.52. The summed E-state index contributed by atoms with van der Waals surface area (Å²) in [7, 11) is 0. The van der Waals surface area contributed by atoms with Crippen LogP contribution in [0, 0.1) is 0 Å². The number of carbonyl (C=O) groups is 1. The molecule has 2 aliphatic rings. The number of carbonyl (C=O) groups excluding carboxylic acids is 1. The summed E-state index contributed by atoms with van der Waals surface area (Å²) in [6, 6.07) is 17.6. The number of phenols is 1. The van der Waals surface area contributed by atoms with Gasteiger partial charge in [0.25, 0.3) is 0 Å². The second-order valence-corrected chi connectivity index (χ2v) is 8.84. The van der Waals surface area contributed by atoms with Gasteiger partial charge in [-0.2, -0.15) is 0 Å². The van der Waals surface area contributed by atoms with Crippen molar-refractivity contribution in [2.75, 3.05) is 13.2 Å². The van der Waals surface area contributed by atoms with Gasteiger partial charge >= 0.3 is 0 Å². The van der Waals surface area contributed by atoms with E-state index in [1.54, 1.807) is 28.8 Å². The third kappa shape index (κ3) is 3.82. The van der Waals surface area contributed by atoms with Gasteiger partial charge in [0.15, 0.2) is 11.5 Å². The largest absolute Gasteiger partial charge is 0.504 e. The number of nitrogens with zero attached hydrogens (tertiary/aromatic N) is 1. The van der Waals surface area contributed by atoms with E-state index in [2.05, 4.69) is 6.58 Å². The van der Waals surface area contributed by atoms with Crippen LogP contribution in [0.25, 0.3) is 11.1 Å². The first-order chi connectivity index (χ1) is 15.6. The molecule has 32 heavy (non-hydrogen) atoms. The van der Waals surface area contributed by atoms with Crippen LogP contribution >= 0.6 is 11.8 Å². The fourth-order valence-electron chi connectivity index (χ4n) is 4.03. The van der Waals surface area contributed by atoms with Crippen LogP contribution in [-0.4, -0.2) is 29.1 Å². The second kappa shape index (κ2) is 8.63. The zero-order valence-electron chi connectivity index (χ0n) is 17.5. The van der Waals surface area contributed by atoms with E-state index in [-0.39, 0.29) is 11.7 Å². The highest BCUT2D eigenvalue weighted by Crippen LogP contribution is 2.51. The topological polar surface area (TPSA) is 59.0 Å². The Bertz CT molecular complexity index is 1210. The number of allylic oxidation sites excluding steroid dienone is 1. The fourth-order valence-corrected chi connectivity index (χ4v) is 5.01. The van der Waals surface area contributed by atoms with Gasteiger partial charge in [-0.3, -0.25) is 4.79 Å². The summed E-state index contributed by atoms with van der Waals surface area (Å²) in [5.41, 5.74) is 2.49. The van der Waals surface area contributed by atoms with E-state index in [0.29, 0.717) is 38.3 Å². The van der Waals surface area contributed by atoms with Gasteiger partial charge in [0.1, 0.15) is 18.1 Å². The monoisotopic (exact) mass is 445 g/mol.